The molecule has 6 heteroatoms. The van der Waals surface area contributed by atoms with E-state index in [-0.39, 0.29) is 0 Å². The molecule has 0 radical (unpaired) electrons. The molecule has 1 saturated heterocycles. The Bertz CT molecular complexity index is 679. The molecule has 122 valence electrons. The van der Waals surface area contributed by atoms with Gasteiger partial charge in [-0.25, -0.2) is 4.98 Å². The number of piperidine rings is 1. The standard InChI is InChI=1S/C17H21ClN4O/c1-12-4-3-9-22(11-12)16-7-8-19-17(21-16)20-14-10-13(18)5-6-15(14)23-2/h5-8,10,12H,3-4,9,11H2,1-2H3,(H,19,20,21). The van der Waals surface area contributed by atoms with E-state index in [1.54, 1.807) is 25.4 Å². The van der Waals surface area contributed by atoms with Gasteiger partial charge in [0.25, 0.3) is 0 Å². The maximum Gasteiger partial charge on any atom is 0.229 e. The third kappa shape index (κ3) is 3.85. The minimum Gasteiger partial charge on any atom is -0.495 e. The van der Waals surface area contributed by atoms with Crippen molar-refractivity contribution < 1.29 is 4.74 Å². The largest absolute Gasteiger partial charge is 0.495 e. The van der Waals surface area contributed by atoms with E-state index in [0.717, 1.165) is 24.6 Å². The molecular weight excluding hydrogens is 312 g/mol. The van der Waals surface area contributed by atoms with Crippen molar-refractivity contribution in [2.24, 2.45) is 5.92 Å². The molecular formula is C17H21ClN4O. The van der Waals surface area contributed by atoms with Crippen molar-refractivity contribution in [2.75, 3.05) is 30.4 Å². The van der Waals surface area contributed by atoms with Crippen LogP contribution in [0.2, 0.25) is 5.02 Å². The number of nitrogens with one attached hydrogen (secondary N) is 1. The lowest BCUT2D eigenvalue weighted by molar-refractivity contribution is 0.417. The minimum atomic E-state index is 0.543. The van der Waals surface area contributed by atoms with Crippen LogP contribution in [-0.2, 0) is 0 Å². The lowest BCUT2D eigenvalue weighted by Crippen LogP contribution is -2.34. The van der Waals surface area contributed by atoms with Crippen molar-refractivity contribution >= 4 is 29.1 Å². The summed E-state index contributed by atoms with van der Waals surface area (Å²) in [6.45, 7) is 4.36. The van der Waals surface area contributed by atoms with Gasteiger partial charge in [0.15, 0.2) is 0 Å². The van der Waals surface area contributed by atoms with Gasteiger partial charge in [0, 0.05) is 24.3 Å². The van der Waals surface area contributed by atoms with Crippen LogP contribution in [0.3, 0.4) is 0 Å². The van der Waals surface area contributed by atoms with Crippen LogP contribution in [0, 0.1) is 5.92 Å². The fourth-order valence-corrected chi connectivity index (χ4v) is 3.05. The maximum atomic E-state index is 6.06. The number of halogens is 1. The van der Waals surface area contributed by atoms with Gasteiger partial charge in [0.05, 0.1) is 12.8 Å². The molecule has 0 aliphatic carbocycles. The Balaban J connectivity index is 1.81. The summed E-state index contributed by atoms with van der Waals surface area (Å²) in [7, 11) is 1.63. The van der Waals surface area contributed by atoms with E-state index < -0.39 is 0 Å². The van der Waals surface area contributed by atoms with Crippen molar-refractivity contribution in [3.63, 3.8) is 0 Å². The first kappa shape index (κ1) is 15.9. The van der Waals surface area contributed by atoms with Gasteiger partial charge >= 0.3 is 0 Å². The van der Waals surface area contributed by atoms with Crippen LogP contribution in [-0.4, -0.2) is 30.2 Å². The van der Waals surface area contributed by atoms with Gasteiger partial charge in [0.1, 0.15) is 11.6 Å². The summed E-state index contributed by atoms with van der Waals surface area (Å²) in [6, 6.07) is 7.37. The van der Waals surface area contributed by atoms with E-state index in [1.807, 2.05) is 12.1 Å². The van der Waals surface area contributed by atoms with Crippen molar-refractivity contribution in [3.05, 3.63) is 35.5 Å². The van der Waals surface area contributed by atoms with Gasteiger partial charge in [-0.05, 0) is 43.0 Å². The van der Waals surface area contributed by atoms with Crippen molar-refractivity contribution in [1.82, 2.24) is 9.97 Å². The number of benzene rings is 1. The molecule has 23 heavy (non-hydrogen) atoms. The normalized spacial score (nSPS) is 17.9. The molecule has 1 aliphatic rings. The quantitative estimate of drug-likeness (QED) is 0.912. The molecule has 1 fully saturated rings. The van der Waals surface area contributed by atoms with Crippen molar-refractivity contribution in [1.29, 1.82) is 0 Å². The average molecular weight is 333 g/mol. The lowest BCUT2D eigenvalue weighted by Gasteiger charge is -2.31. The predicted octanol–water partition coefficient (Wildman–Crippen LogP) is 4.12. The second kappa shape index (κ2) is 7.04. The van der Waals surface area contributed by atoms with Crippen LogP contribution in [0.15, 0.2) is 30.5 Å². The first-order valence-electron chi connectivity index (χ1n) is 7.84. The molecule has 1 aromatic carbocycles. The number of aromatic nitrogens is 2. The minimum absolute atomic E-state index is 0.543. The molecule has 2 heterocycles. The Hall–Kier alpha value is -2.01. The molecule has 1 N–H and O–H groups in total. The molecule has 3 rings (SSSR count). The topological polar surface area (TPSA) is 50.3 Å². The molecule has 1 atom stereocenters. The van der Waals surface area contributed by atoms with Gasteiger partial charge in [-0.1, -0.05) is 18.5 Å². The Morgan fingerprint density at radius 2 is 2.22 bits per heavy atom. The fourth-order valence-electron chi connectivity index (χ4n) is 2.88. The van der Waals surface area contributed by atoms with Crippen LogP contribution in [0.5, 0.6) is 5.75 Å². The van der Waals surface area contributed by atoms with Crippen molar-refractivity contribution in [2.45, 2.75) is 19.8 Å². The van der Waals surface area contributed by atoms with E-state index in [0.29, 0.717) is 22.6 Å². The number of hydrogen-bond donors (Lipinski definition) is 1. The third-order valence-electron chi connectivity index (χ3n) is 4.03. The molecule has 0 spiro atoms. The summed E-state index contributed by atoms with van der Waals surface area (Å²) < 4.78 is 5.35. The number of ether oxygens (including phenoxy) is 1. The third-order valence-corrected chi connectivity index (χ3v) is 4.26. The predicted molar refractivity (Wildman–Crippen MR) is 93.9 cm³/mol. The molecule has 0 bridgehead atoms. The Morgan fingerprint density at radius 3 is 3.00 bits per heavy atom. The Kier molecular flexibility index (Phi) is 4.86. The molecule has 0 amide bonds. The Morgan fingerprint density at radius 1 is 1.35 bits per heavy atom. The first-order valence-corrected chi connectivity index (χ1v) is 8.22. The Labute approximate surface area is 141 Å². The molecule has 1 aromatic heterocycles. The van der Waals surface area contributed by atoms with Crippen LogP contribution in [0.1, 0.15) is 19.8 Å². The summed E-state index contributed by atoms with van der Waals surface area (Å²) in [5, 5.41) is 3.83. The van der Waals surface area contributed by atoms with Gasteiger partial charge in [-0.15, -0.1) is 0 Å². The molecule has 2 aromatic rings. The monoisotopic (exact) mass is 332 g/mol. The van der Waals surface area contributed by atoms with E-state index >= 15 is 0 Å². The van der Waals surface area contributed by atoms with E-state index in [2.05, 4.69) is 27.1 Å². The van der Waals surface area contributed by atoms with Gasteiger partial charge in [-0.3, -0.25) is 0 Å². The summed E-state index contributed by atoms with van der Waals surface area (Å²) in [4.78, 5) is 11.3. The van der Waals surface area contributed by atoms with Gasteiger partial charge in [-0.2, -0.15) is 4.98 Å². The molecule has 0 saturated carbocycles. The van der Waals surface area contributed by atoms with E-state index in [1.165, 1.54) is 12.8 Å². The second-order valence-electron chi connectivity index (χ2n) is 5.90. The molecule has 1 aliphatic heterocycles. The SMILES string of the molecule is COc1ccc(Cl)cc1Nc1nccc(N2CCCC(C)C2)n1. The summed E-state index contributed by atoms with van der Waals surface area (Å²) in [5.41, 5.74) is 0.754. The smallest absolute Gasteiger partial charge is 0.229 e. The van der Waals surface area contributed by atoms with Crippen LogP contribution >= 0.6 is 11.6 Å². The second-order valence-corrected chi connectivity index (χ2v) is 6.34. The average Bonchev–Trinajstić information content (AvgIpc) is 2.55. The zero-order valence-corrected chi connectivity index (χ0v) is 14.2. The highest BCUT2D eigenvalue weighted by molar-refractivity contribution is 6.30. The number of rotatable bonds is 4. The summed E-state index contributed by atoms with van der Waals surface area (Å²) >= 11 is 6.06. The molecule has 1 unspecified atom stereocenters. The number of anilines is 3. The van der Waals surface area contributed by atoms with E-state index in [4.69, 9.17) is 16.3 Å². The summed E-state index contributed by atoms with van der Waals surface area (Å²) in [6.07, 6.45) is 4.27. The van der Waals surface area contributed by atoms with Crippen LogP contribution in [0.25, 0.3) is 0 Å². The molecule has 5 nitrogen and oxygen atoms in total. The zero-order valence-electron chi connectivity index (χ0n) is 13.4. The van der Waals surface area contributed by atoms with Crippen LogP contribution in [0.4, 0.5) is 17.5 Å². The number of nitrogens with zero attached hydrogens (tertiary/aromatic N) is 3. The highest BCUT2D eigenvalue weighted by atomic mass is 35.5. The number of methoxy groups -OCH3 is 1. The first-order chi connectivity index (χ1) is 11.2. The highest BCUT2D eigenvalue weighted by Crippen LogP contribution is 2.30. The summed E-state index contributed by atoms with van der Waals surface area (Å²) in [5.74, 6) is 2.90. The fraction of sp³-hybridized carbons (Fsp3) is 0.412. The van der Waals surface area contributed by atoms with E-state index in [9.17, 15) is 0 Å². The van der Waals surface area contributed by atoms with Crippen molar-refractivity contribution in [3.8, 4) is 5.75 Å². The van der Waals surface area contributed by atoms with Gasteiger partial charge < -0.3 is 15.0 Å². The number of hydrogen-bond acceptors (Lipinski definition) is 5. The highest BCUT2D eigenvalue weighted by Gasteiger charge is 2.18. The maximum absolute atomic E-state index is 6.06. The lowest BCUT2D eigenvalue weighted by atomic mass is 10.0. The zero-order chi connectivity index (χ0) is 16.2. The van der Waals surface area contributed by atoms with Crippen LogP contribution < -0.4 is 15.0 Å². The van der Waals surface area contributed by atoms with Gasteiger partial charge in [0.2, 0.25) is 5.95 Å².